The lowest BCUT2D eigenvalue weighted by molar-refractivity contribution is -0.128. The maximum atomic E-state index is 11.7. The van der Waals surface area contributed by atoms with Crippen LogP contribution in [0.3, 0.4) is 0 Å². The summed E-state index contributed by atoms with van der Waals surface area (Å²) in [6.45, 7) is 8.84. The van der Waals surface area contributed by atoms with E-state index in [0.29, 0.717) is 13.1 Å². The molecule has 0 saturated heterocycles. The van der Waals surface area contributed by atoms with Gasteiger partial charge < -0.3 is 15.5 Å². The molecule has 0 spiro atoms. The number of carbonyl (C=O) groups is 1. The van der Waals surface area contributed by atoms with Crippen molar-refractivity contribution in [1.82, 2.24) is 15.5 Å². The number of nitrogens with one attached hydrogen (secondary N) is 2. The number of guanidine groups is 1. The van der Waals surface area contributed by atoms with Gasteiger partial charge in [-0.25, -0.2) is 0 Å². The topological polar surface area (TPSA) is 56.7 Å². The lowest BCUT2D eigenvalue weighted by Gasteiger charge is -2.25. The summed E-state index contributed by atoms with van der Waals surface area (Å²) in [6, 6.07) is 0. The SMILES string of the molecule is CCNC(=O)C(C)(C)CNC1=NCCN1C. The maximum Gasteiger partial charge on any atom is 0.227 e. The van der Waals surface area contributed by atoms with Crippen LogP contribution in [-0.2, 0) is 4.79 Å². The molecule has 92 valence electrons. The van der Waals surface area contributed by atoms with Crippen molar-refractivity contribution in [3.63, 3.8) is 0 Å². The van der Waals surface area contributed by atoms with Crippen molar-refractivity contribution in [3.05, 3.63) is 0 Å². The van der Waals surface area contributed by atoms with Gasteiger partial charge in [-0.2, -0.15) is 0 Å². The number of nitrogens with zero attached hydrogens (tertiary/aromatic N) is 2. The molecule has 1 aliphatic heterocycles. The quantitative estimate of drug-likeness (QED) is 0.711. The molecule has 0 aromatic heterocycles. The highest BCUT2D eigenvalue weighted by atomic mass is 16.2. The van der Waals surface area contributed by atoms with E-state index >= 15 is 0 Å². The molecule has 0 saturated carbocycles. The van der Waals surface area contributed by atoms with E-state index in [1.807, 2.05) is 27.8 Å². The maximum absolute atomic E-state index is 11.7. The number of hydrogen-bond acceptors (Lipinski definition) is 4. The van der Waals surface area contributed by atoms with Crippen LogP contribution in [0.25, 0.3) is 0 Å². The summed E-state index contributed by atoms with van der Waals surface area (Å²) in [6.07, 6.45) is 0. The molecule has 2 N–H and O–H groups in total. The van der Waals surface area contributed by atoms with Gasteiger partial charge >= 0.3 is 0 Å². The van der Waals surface area contributed by atoms with Crippen LogP contribution >= 0.6 is 0 Å². The fourth-order valence-corrected chi connectivity index (χ4v) is 1.50. The molecular weight excluding hydrogens is 204 g/mol. The first-order chi connectivity index (χ1) is 7.47. The van der Waals surface area contributed by atoms with Gasteiger partial charge in [0.05, 0.1) is 12.0 Å². The average molecular weight is 226 g/mol. The van der Waals surface area contributed by atoms with Crippen molar-refractivity contribution in [3.8, 4) is 0 Å². The number of rotatable bonds is 4. The molecule has 0 fully saturated rings. The van der Waals surface area contributed by atoms with Gasteiger partial charge in [0.2, 0.25) is 5.91 Å². The highest BCUT2D eigenvalue weighted by Crippen LogP contribution is 2.13. The largest absolute Gasteiger partial charge is 0.356 e. The van der Waals surface area contributed by atoms with Gasteiger partial charge in [-0.05, 0) is 20.8 Å². The van der Waals surface area contributed by atoms with Crippen LogP contribution in [0, 0.1) is 5.41 Å². The Balaban J connectivity index is 2.44. The summed E-state index contributed by atoms with van der Waals surface area (Å²) in [5.74, 6) is 0.959. The van der Waals surface area contributed by atoms with Crippen molar-refractivity contribution in [2.24, 2.45) is 10.4 Å². The van der Waals surface area contributed by atoms with Crippen LogP contribution in [0.15, 0.2) is 4.99 Å². The minimum atomic E-state index is -0.415. The Kier molecular flexibility index (Phi) is 4.15. The van der Waals surface area contributed by atoms with Crippen molar-refractivity contribution in [1.29, 1.82) is 0 Å². The number of hydrogen-bond donors (Lipinski definition) is 2. The van der Waals surface area contributed by atoms with Gasteiger partial charge in [-0.3, -0.25) is 9.79 Å². The van der Waals surface area contributed by atoms with E-state index in [2.05, 4.69) is 20.5 Å². The Morgan fingerprint density at radius 2 is 2.25 bits per heavy atom. The van der Waals surface area contributed by atoms with E-state index in [9.17, 15) is 4.79 Å². The van der Waals surface area contributed by atoms with E-state index in [0.717, 1.165) is 19.0 Å². The second-order valence-electron chi connectivity index (χ2n) is 4.72. The first-order valence-corrected chi connectivity index (χ1v) is 5.75. The van der Waals surface area contributed by atoms with Crippen LogP contribution in [0.5, 0.6) is 0 Å². The predicted molar refractivity (Wildman–Crippen MR) is 65.4 cm³/mol. The third kappa shape index (κ3) is 3.12. The Morgan fingerprint density at radius 3 is 2.75 bits per heavy atom. The molecule has 16 heavy (non-hydrogen) atoms. The molecule has 0 aliphatic carbocycles. The van der Waals surface area contributed by atoms with Crippen molar-refractivity contribution in [2.75, 3.05) is 33.2 Å². The first-order valence-electron chi connectivity index (χ1n) is 5.75. The molecule has 1 amide bonds. The Morgan fingerprint density at radius 1 is 1.56 bits per heavy atom. The smallest absolute Gasteiger partial charge is 0.227 e. The van der Waals surface area contributed by atoms with E-state index in [1.54, 1.807) is 0 Å². The normalized spacial score (nSPS) is 16.0. The molecule has 5 heteroatoms. The lowest BCUT2D eigenvalue weighted by Crippen LogP contribution is -2.47. The van der Waals surface area contributed by atoms with Crippen LogP contribution in [0.4, 0.5) is 0 Å². The van der Waals surface area contributed by atoms with Crippen LogP contribution in [0.1, 0.15) is 20.8 Å². The van der Waals surface area contributed by atoms with E-state index < -0.39 is 5.41 Å². The molecule has 1 heterocycles. The third-order valence-corrected chi connectivity index (χ3v) is 2.70. The second kappa shape index (κ2) is 5.18. The van der Waals surface area contributed by atoms with Crippen LogP contribution in [0.2, 0.25) is 0 Å². The van der Waals surface area contributed by atoms with Crippen molar-refractivity contribution < 1.29 is 4.79 Å². The lowest BCUT2D eigenvalue weighted by atomic mass is 9.92. The van der Waals surface area contributed by atoms with Gasteiger partial charge in [0.1, 0.15) is 0 Å². The van der Waals surface area contributed by atoms with E-state index in [1.165, 1.54) is 0 Å². The Labute approximate surface area is 97.3 Å². The standard InChI is InChI=1S/C11H22N4O/c1-5-12-9(16)11(2,3)8-14-10-13-6-7-15(10)4/h5-8H2,1-4H3,(H,12,16)(H,13,14). The summed E-state index contributed by atoms with van der Waals surface area (Å²) < 4.78 is 0. The fourth-order valence-electron chi connectivity index (χ4n) is 1.50. The summed E-state index contributed by atoms with van der Waals surface area (Å²) in [5.41, 5.74) is -0.415. The first kappa shape index (κ1) is 12.8. The van der Waals surface area contributed by atoms with E-state index in [4.69, 9.17) is 0 Å². The molecule has 0 unspecified atom stereocenters. The highest BCUT2D eigenvalue weighted by Gasteiger charge is 2.28. The zero-order chi connectivity index (χ0) is 12.2. The Bertz CT molecular complexity index is 286. The van der Waals surface area contributed by atoms with Crippen LogP contribution < -0.4 is 10.6 Å². The predicted octanol–water partition coefficient (Wildman–Crippen LogP) is 0.0397. The molecule has 0 bridgehead atoms. The summed E-state index contributed by atoms with van der Waals surface area (Å²) in [4.78, 5) is 18.1. The molecule has 0 aromatic carbocycles. The minimum Gasteiger partial charge on any atom is -0.356 e. The Hall–Kier alpha value is -1.26. The number of likely N-dealkylation sites (N-methyl/N-ethyl adjacent to an activating group) is 1. The van der Waals surface area contributed by atoms with Crippen molar-refractivity contribution in [2.45, 2.75) is 20.8 Å². The molecule has 0 aromatic rings. The van der Waals surface area contributed by atoms with Crippen LogP contribution in [-0.4, -0.2) is 50.0 Å². The fraction of sp³-hybridized carbons (Fsp3) is 0.818. The third-order valence-electron chi connectivity index (χ3n) is 2.70. The molecule has 0 atom stereocenters. The zero-order valence-electron chi connectivity index (χ0n) is 10.6. The van der Waals surface area contributed by atoms with E-state index in [-0.39, 0.29) is 5.91 Å². The molecule has 0 radical (unpaired) electrons. The summed E-state index contributed by atoms with van der Waals surface area (Å²) in [7, 11) is 2.00. The molecule has 1 aliphatic rings. The second-order valence-corrected chi connectivity index (χ2v) is 4.72. The number of carbonyl (C=O) groups excluding carboxylic acids is 1. The minimum absolute atomic E-state index is 0.0729. The number of aliphatic imine (C=N–C) groups is 1. The molecule has 5 nitrogen and oxygen atoms in total. The van der Waals surface area contributed by atoms with Crippen molar-refractivity contribution >= 4 is 11.9 Å². The monoisotopic (exact) mass is 226 g/mol. The number of amides is 1. The van der Waals surface area contributed by atoms with Gasteiger partial charge in [-0.15, -0.1) is 0 Å². The highest BCUT2D eigenvalue weighted by molar-refractivity contribution is 5.84. The van der Waals surface area contributed by atoms with Gasteiger partial charge in [0.15, 0.2) is 5.96 Å². The molecule has 1 rings (SSSR count). The van der Waals surface area contributed by atoms with Gasteiger partial charge in [0, 0.05) is 26.7 Å². The average Bonchev–Trinajstić information content (AvgIpc) is 2.61. The zero-order valence-corrected chi connectivity index (χ0v) is 10.6. The van der Waals surface area contributed by atoms with Gasteiger partial charge in [-0.1, -0.05) is 0 Å². The summed E-state index contributed by atoms with van der Waals surface area (Å²) >= 11 is 0. The molecular formula is C11H22N4O. The summed E-state index contributed by atoms with van der Waals surface area (Å²) in [5, 5.41) is 6.07. The van der Waals surface area contributed by atoms with Gasteiger partial charge in [0.25, 0.3) is 0 Å².